The number of nitrogens with two attached hydrogens (primary N) is 2. The van der Waals surface area contributed by atoms with Gasteiger partial charge in [-0.3, -0.25) is 4.79 Å². The standard InChI is InChI=1S/C17H10N4O/c1-21-15(8-18)16-13-6-9(19)2-4-11(13)12-5-3-10(20)7-14(12)17(16)22/h2-7H,19-20H2/b16-15-. The maximum absolute atomic E-state index is 12.8. The summed E-state index contributed by atoms with van der Waals surface area (Å²) in [5.41, 5.74) is 14.7. The van der Waals surface area contributed by atoms with Crippen molar-refractivity contribution < 1.29 is 4.79 Å². The Morgan fingerprint density at radius 2 is 1.55 bits per heavy atom. The van der Waals surface area contributed by atoms with Crippen LogP contribution in [0.5, 0.6) is 0 Å². The van der Waals surface area contributed by atoms with Crippen LogP contribution in [0, 0.1) is 17.9 Å². The van der Waals surface area contributed by atoms with E-state index in [9.17, 15) is 4.79 Å². The van der Waals surface area contributed by atoms with E-state index in [1.807, 2.05) is 0 Å². The number of nitriles is 1. The molecule has 0 aliphatic heterocycles. The molecule has 0 saturated carbocycles. The number of carbonyl (C=O) groups is 1. The summed E-state index contributed by atoms with van der Waals surface area (Å²) < 4.78 is 0. The van der Waals surface area contributed by atoms with Crippen molar-refractivity contribution in [2.45, 2.75) is 0 Å². The predicted octanol–water partition coefficient (Wildman–Crippen LogP) is 2.87. The lowest BCUT2D eigenvalue weighted by molar-refractivity contribution is 0.105. The minimum atomic E-state index is -0.382. The maximum atomic E-state index is 12.8. The van der Waals surface area contributed by atoms with Gasteiger partial charge in [-0.15, -0.1) is 0 Å². The Hall–Kier alpha value is -3.57. The minimum absolute atomic E-state index is 0.0814. The molecule has 4 N–H and O–H groups in total. The van der Waals surface area contributed by atoms with Crippen LogP contribution in [0.4, 0.5) is 11.4 Å². The number of ketones is 1. The molecule has 0 radical (unpaired) electrons. The number of Topliss-reactive ketones (excluding diaryl/α,β-unsaturated/α-hetero) is 1. The number of hydrogen-bond acceptors (Lipinski definition) is 4. The lowest BCUT2D eigenvalue weighted by atomic mass is 9.80. The lowest BCUT2D eigenvalue weighted by Gasteiger charge is -2.22. The Bertz CT molecular complexity index is 926. The van der Waals surface area contributed by atoms with Gasteiger partial charge in [0.15, 0.2) is 5.78 Å². The van der Waals surface area contributed by atoms with Gasteiger partial charge < -0.3 is 11.5 Å². The van der Waals surface area contributed by atoms with E-state index in [2.05, 4.69) is 4.85 Å². The summed E-state index contributed by atoms with van der Waals surface area (Å²) >= 11 is 0. The van der Waals surface area contributed by atoms with Crippen LogP contribution < -0.4 is 11.5 Å². The highest BCUT2D eigenvalue weighted by molar-refractivity contribution is 6.35. The van der Waals surface area contributed by atoms with Crippen LogP contribution in [0.25, 0.3) is 21.5 Å². The Morgan fingerprint density at radius 1 is 1.00 bits per heavy atom. The van der Waals surface area contributed by atoms with Crippen molar-refractivity contribution in [3.63, 3.8) is 0 Å². The number of nitrogens with zero attached hydrogens (tertiary/aromatic N) is 2. The first-order chi connectivity index (χ1) is 10.6. The molecule has 3 rings (SSSR count). The van der Waals surface area contributed by atoms with E-state index >= 15 is 0 Å². The average Bonchev–Trinajstić information content (AvgIpc) is 2.51. The molecule has 0 atom stereocenters. The third kappa shape index (κ3) is 1.81. The number of benzene rings is 2. The Labute approximate surface area is 126 Å². The molecule has 5 heteroatoms. The smallest absolute Gasteiger partial charge is 0.273 e. The van der Waals surface area contributed by atoms with Crippen molar-refractivity contribution in [3.8, 4) is 17.2 Å². The van der Waals surface area contributed by atoms with Gasteiger partial charge in [-0.1, -0.05) is 12.1 Å². The fourth-order valence-corrected chi connectivity index (χ4v) is 2.62. The van der Waals surface area contributed by atoms with Crippen LogP contribution in [0.2, 0.25) is 0 Å². The fraction of sp³-hybridized carbons (Fsp3) is 0. The van der Waals surface area contributed by atoms with Crippen molar-refractivity contribution in [2.24, 2.45) is 0 Å². The molecule has 5 nitrogen and oxygen atoms in total. The summed E-state index contributed by atoms with van der Waals surface area (Å²) in [6, 6.07) is 11.9. The van der Waals surface area contributed by atoms with Gasteiger partial charge in [0.05, 0.1) is 12.6 Å². The quantitative estimate of drug-likeness (QED) is 0.337. The van der Waals surface area contributed by atoms with Gasteiger partial charge >= 0.3 is 0 Å². The highest BCUT2D eigenvalue weighted by atomic mass is 16.1. The van der Waals surface area contributed by atoms with Crippen molar-refractivity contribution in [2.75, 3.05) is 11.5 Å². The number of anilines is 2. The number of carbonyl (C=O) groups excluding carboxylic acids is 1. The molecule has 0 unspecified atom stereocenters. The molecule has 2 aromatic carbocycles. The highest BCUT2D eigenvalue weighted by Crippen LogP contribution is 2.42. The van der Waals surface area contributed by atoms with Crippen LogP contribution >= 0.6 is 0 Å². The van der Waals surface area contributed by atoms with Gasteiger partial charge in [-0.05, 0) is 41.0 Å². The first-order valence-corrected chi connectivity index (χ1v) is 6.43. The van der Waals surface area contributed by atoms with Gasteiger partial charge in [0.2, 0.25) is 0 Å². The zero-order valence-corrected chi connectivity index (χ0v) is 11.4. The van der Waals surface area contributed by atoms with Gasteiger partial charge in [-0.25, -0.2) is 10.1 Å². The molecule has 104 valence electrons. The number of nitrogen functional groups attached to an aromatic ring is 2. The van der Waals surface area contributed by atoms with E-state index in [1.54, 1.807) is 42.5 Å². The SMILES string of the molecule is [C-]#[N+]/C(C#N)=C1\C(=O)c2cc(N)ccc2-c2ccc(N)cc21. The summed E-state index contributed by atoms with van der Waals surface area (Å²) in [5, 5.41) is 9.16. The zero-order chi connectivity index (χ0) is 15.9. The van der Waals surface area contributed by atoms with E-state index in [0.29, 0.717) is 22.5 Å². The molecule has 1 aliphatic rings. The lowest BCUT2D eigenvalue weighted by Crippen LogP contribution is -2.14. The second-order valence-electron chi connectivity index (χ2n) is 4.89. The predicted molar refractivity (Wildman–Crippen MR) is 84.2 cm³/mol. The molecule has 0 fully saturated rings. The molecule has 0 heterocycles. The summed E-state index contributed by atoms with van der Waals surface area (Å²) in [7, 11) is 0. The van der Waals surface area contributed by atoms with Crippen molar-refractivity contribution >= 4 is 22.7 Å². The molecule has 22 heavy (non-hydrogen) atoms. The van der Waals surface area contributed by atoms with Crippen LogP contribution in [0.15, 0.2) is 42.1 Å². The van der Waals surface area contributed by atoms with Gasteiger partial charge in [0.1, 0.15) is 0 Å². The summed E-state index contributed by atoms with van der Waals surface area (Å²) in [5.74, 6) is -0.382. The van der Waals surface area contributed by atoms with E-state index in [4.69, 9.17) is 23.3 Å². The summed E-state index contributed by atoms with van der Waals surface area (Å²) in [6.45, 7) is 7.14. The van der Waals surface area contributed by atoms with Crippen LogP contribution in [0.3, 0.4) is 0 Å². The first kappa shape index (κ1) is 13.4. The third-order valence-corrected chi connectivity index (χ3v) is 3.57. The number of fused-ring (bicyclic) bond motifs is 3. The Balaban J connectivity index is 2.47. The second kappa shape index (κ2) is 4.76. The monoisotopic (exact) mass is 286 g/mol. The molecular weight excluding hydrogens is 276 g/mol. The molecule has 0 aromatic heterocycles. The molecule has 1 aliphatic carbocycles. The molecule has 0 spiro atoms. The van der Waals surface area contributed by atoms with E-state index < -0.39 is 0 Å². The van der Waals surface area contributed by atoms with E-state index in [1.165, 1.54) is 0 Å². The zero-order valence-electron chi connectivity index (χ0n) is 11.4. The first-order valence-electron chi connectivity index (χ1n) is 6.43. The van der Waals surface area contributed by atoms with Crippen molar-refractivity contribution in [1.29, 1.82) is 5.26 Å². The number of rotatable bonds is 0. The average molecular weight is 286 g/mol. The maximum Gasteiger partial charge on any atom is 0.273 e. The normalized spacial score (nSPS) is 14.4. The highest BCUT2D eigenvalue weighted by Gasteiger charge is 2.30. The van der Waals surface area contributed by atoms with Gasteiger partial charge in [0, 0.05) is 22.5 Å². The third-order valence-electron chi connectivity index (χ3n) is 3.57. The summed E-state index contributed by atoms with van der Waals surface area (Å²) in [4.78, 5) is 15.9. The molecule has 0 amide bonds. The van der Waals surface area contributed by atoms with Gasteiger partial charge in [0.25, 0.3) is 5.70 Å². The Morgan fingerprint density at radius 3 is 2.09 bits per heavy atom. The van der Waals surface area contributed by atoms with Crippen molar-refractivity contribution in [3.05, 3.63) is 64.6 Å². The topological polar surface area (TPSA) is 97.3 Å². The van der Waals surface area contributed by atoms with E-state index in [0.717, 1.165) is 11.1 Å². The fourth-order valence-electron chi connectivity index (χ4n) is 2.62. The van der Waals surface area contributed by atoms with Gasteiger partial charge in [-0.2, -0.15) is 0 Å². The van der Waals surface area contributed by atoms with Crippen LogP contribution in [-0.4, -0.2) is 5.78 Å². The molecule has 0 saturated heterocycles. The minimum Gasteiger partial charge on any atom is -0.399 e. The van der Waals surface area contributed by atoms with E-state index in [-0.39, 0.29) is 17.1 Å². The number of allylic oxidation sites excluding steroid dienone is 2. The van der Waals surface area contributed by atoms with Crippen LogP contribution in [-0.2, 0) is 0 Å². The molecule has 2 aromatic rings. The second-order valence-corrected chi connectivity index (χ2v) is 4.89. The summed E-state index contributed by atoms with van der Waals surface area (Å²) in [6.07, 6.45) is 0. The van der Waals surface area contributed by atoms with Crippen LogP contribution in [0.1, 0.15) is 15.9 Å². The molecule has 0 bridgehead atoms. The van der Waals surface area contributed by atoms with Crippen molar-refractivity contribution in [1.82, 2.24) is 0 Å². The largest absolute Gasteiger partial charge is 0.399 e. The molecular formula is C17H10N4O. The Kier molecular flexibility index (Phi) is 2.90. The number of hydrogen-bond donors (Lipinski definition) is 2.